The summed E-state index contributed by atoms with van der Waals surface area (Å²) in [5.41, 5.74) is 1.11. The summed E-state index contributed by atoms with van der Waals surface area (Å²) in [5.74, 6) is -0.184. The minimum atomic E-state index is -0.257. The van der Waals surface area contributed by atoms with Crippen LogP contribution in [-0.2, 0) is 0 Å². The van der Waals surface area contributed by atoms with Crippen molar-refractivity contribution in [2.24, 2.45) is 0 Å². The third-order valence-electron chi connectivity index (χ3n) is 2.23. The van der Waals surface area contributed by atoms with Gasteiger partial charge in [0.05, 0.1) is 0 Å². The number of amides is 1. The lowest BCUT2D eigenvalue weighted by atomic mass is 10.2. The molecule has 0 aliphatic carbocycles. The number of hydrogen-bond donors (Lipinski definition) is 3. The van der Waals surface area contributed by atoms with Crippen molar-refractivity contribution in [2.75, 3.05) is 5.32 Å². The Morgan fingerprint density at radius 2 is 1.82 bits per heavy atom. The molecule has 2 aromatic rings. The van der Waals surface area contributed by atoms with Gasteiger partial charge < -0.3 is 10.4 Å². The molecule has 0 spiro atoms. The zero-order valence-electron chi connectivity index (χ0n) is 8.92. The van der Waals surface area contributed by atoms with Gasteiger partial charge in [-0.3, -0.25) is 4.79 Å². The first-order valence-corrected chi connectivity index (χ1v) is 5.49. The molecule has 17 heavy (non-hydrogen) atoms. The van der Waals surface area contributed by atoms with E-state index in [4.69, 9.17) is 0 Å². The summed E-state index contributed by atoms with van der Waals surface area (Å²) in [4.78, 5) is 12.6. The molecule has 2 aromatic carbocycles. The van der Waals surface area contributed by atoms with Crippen LogP contribution in [-0.4, -0.2) is 11.0 Å². The lowest BCUT2D eigenvalue weighted by Crippen LogP contribution is -2.11. The summed E-state index contributed by atoms with van der Waals surface area (Å²) in [5, 5.41) is 12.0. The number of thiol groups is 1. The molecule has 1 amide bonds. The standard InChI is InChI=1S/C13H11NO2S/c15-11-3-1-2-9(8-11)13(16)14-10-4-6-12(17)7-5-10/h1-8,15,17H,(H,14,16). The topological polar surface area (TPSA) is 49.3 Å². The van der Waals surface area contributed by atoms with Crippen molar-refractivity contribution in [3.63, 3.8) is 0 Å². The highest BCUT2D eigenvalue weighted by Crippen LogP contribution is 2.15. The number of benzene rings is 2. The maximum atomic E-state index is 11.8. The van der Waals surface area contributed by atoms with Crippen LogP contribution in [0.3, 0.4) is 0 Å². The molecule has 2 rings (SSSR count). The Labute approximate surface area is 105 Å². The van der Waals surface area contributed by atoms with Crippen molar-refractivity contribution in [3.05, 3.63) is 54.1 Å². The second kappa shape index (κ2) is 4.93. The molecule has 0 aromatic heterocycles. The van der Waals surface area contributed by atoms with E-state index in [2.05, 4.69) is 17.9 Å². The highest BCUT2D eigenvalue weighted by Gasteiger charge is 2.06. The number of hydrogen-bond acceptors (Lipinski definition) is 3. The molecule has 0 atom stereocenters. The van der Waals surface area contributed by atoms with Gasteiger partial charge in [-0.2, -0.15) is 0 Å². The summed E-state index contributed by atoms with van der Waals surface area (Å²) in [7, 11) is 0. The predicted octanol–water partition coefficient (Wildman–Crippen LogP) is 2.93. The maximum Gasteiger partial charge on any atom is 0.255 e. The Hall–Kier alpha value is -1.94. The van der Waals surface area contributed by atoms with Crippen molar-refractivity contribution in [1.82, 2.24) is 0 Å². The molecule has 3 nitrogen and oxygen atoms in total. The summed E-state index contributed by atoms with van der Waals surface area (Å²) < 4.78 is 0. The molecule has 86 valence electrons. The van der Waals surface area contributed by atoms with Crippen LogP contribution in [0, 0.1) is 0 Å². The molecule has 0 aliphatic heterocycles. The second-order valence-electron chi connectivity index (χ2n) is 3.55. The number of nitrogens with one attached hydrogen (secondary N) is 1. The fraction of sp³-hybridized carbons (Fsp3) is 0. The predicted molar refractivity (Wildman–Crippen MR) is 69.8 cm³/mol. The first-order valence-electron chi connectivity index (χ1n) is 5.04. The van der Waals surface area contributed by atoms with Gasteiger partial charge in [0.15, 0.2) is 0 Å². The van der Waals surface area contributed by atoms with E-state index < -0.39 is 0 Å². The van der Waals surface area contributed by atoms with Crippen molar-refractivity contribution in [1.29, 1.82) is 0 Å². The Bertz CT molecular complexity index is 537. The van der Waals surface area contributed by atoms with Crippen molar-refractivity contribution in [2.45, 2.75) is 4.90 Å². The Morgan fingerprint density at radius 3 is 2.47 bits per heavy atom. The highest BCUT2D eigenvalue weighted by atomic mass is 32.1. The smallest absolute Gasteiger partial charge is 0.255 e. The van der Waals surface area contributed by atoms with Gasteiger partial charge in [-0.05, 0) is 42.5 Å². The van der Waals surface area contributed by atoms with Gasteiger partial charge in [-0.1, -0.05) is 6.07 Å². The van der Waals surface area contributed by atoms with Crippen LogP contribution in [0.2, 0.25) is 0 Å². The molecule has 0 bridgehead atoms. The Kier molecular flexibility index (Phi) is 3.35. The van der Waals surface area contributed by atoms with E-state index in [0.29, 0.717) is 11.3 Å². The van der Waals surface area contributed by atoms with Gasteiger partial charge >= 0.3 is 0 Å². The normalized spacial score (nSPS) is 9.94. The van der Waals surface area contributed by atoms with Crippen LogP contribution in [0.4, 0.5) is 5.69 Å². The fourth-order valence-corrected chi connectivity index (χ4v) is 1.54. The van der Waals surface area contributed by atoms with E-state index in [1.54, 1.807) is 36.4 Å². The van der Waals surface area contributed by atoms with E-state index >= 15 is 0 Å². The molecule has 0 saturated heterocycles. The van der Waals surface area contributed by atoms with Gasteiger partial charge in [0.1, 0.15) is 5.75 Å². The summed E-state index contributed by atoms with van der Waals surface area (Å²) >= 11 is 4.16. The van der Waals surface area contributed by atoms with Crippen molar-refractivity contribution < 1.29 is 9.90 Å². The van der Waals surface area contributed by atoms with E-state index in [0.717, 1.165) is 4.90 Å². The van der Waals surface area contributed by atoms with Gasteiger partial charge in [0.2, 0.25) is 0 Å². The van der Waals surface area contributed by atoms with Crippen LogP contribution in [0.1, 0.15) is 10.4 Å². The van der Waals surface area contributed by atoms with Gasteiger partial charge in [0.25, 0.3) is 5.91 Å². The van der Waals surface area contributed by atoms with Crippen LogP contribution in [0.5, 0.6) is 5.75 Å². The molecule has 2 N–H and O–H groups in total. The molecular formula is C13H11NO2S. The summed E-state index contributed by atoms with van der Waals surface area (Å²) in [6.07, 6.45) is 0. The highest BCUT2D eigenvalue weighted by molar-refractivity contribution is 7.80. The van der Waals surface area contributed by atoms with Crippen LogP contribution >= 0.6 is 12.6 Å². The molecule has 0 saturated carbocycles. The van der Waals surface area contributed by atoms with Crippen LogP contribution in [0.25, 0.3) is 0 Å². The van der Waals surface area contributed by atoms with Gasteiger partial charge in [0, 0.05) is 16.1 Å². The van der Waals surface area contributed by atoms with Crippen LogP contribution in [0.15, 0.2) is 53.4 Å². The first-order chi connectivity index (χ1) is 8.15. The van der Waals surface area contributed by atoms with Crippen molar-refractivity contribution >= 4 is 24.2 Å². The second-order valence-corrected chi connectivity index (χ2v) is 4.07. The molecule has 0 heterocycles. The number of phenols is 1. The average Bonchev–Trinajstić information content (AvgIpc) is 2.32. The zero-order chi connectivity index (χ0) is 12.3. The largest absolute Gasteiger partial charge is 0.508 e. The molecule has 0 aliphatic rings. The first kappa shape index (κ1) is 11.5. The van der Waals surface area contributed by atoms with Crippen LogP contribution < -0.4 is 5.32 Å². The monoisotopic (exact) mass is 245 g/mol. The average molecular weight is 245 g/mol. The third-order valence-corrected chi connectivity index (χ3v) is 2.53. The van der Waals surface area contributed by atoms with E-state index in [9.17, 15) is 9.90 Å². The minimum absolute atomic E-state index is 0.0726. The van der Waals surface area contributed by atoms with Gasteiger partial charge in [-0.15, -0.1) is 12.6 Å². The third kappa shape index (κ3) is 3.01. The number of carbonyl (C=O) groups is 1. The molecule has 0 radical (unpaired) electrons. The van der Waals surface area contributed by atoms with Gasteiger partial charge in [-0.25, -0.2) is 0 Å². The molecule has 0 fully saturated rings. The number of phenolic OH excluding ortho intramolecular Hbond substituents is 1. The number of carbonyl (C=O) groups excluding carboxylic acids is 1. The number of anilines is 1. The molecular weight excluding hydrogens is 234 g/mol. The quantitative estimate of drug-likeness (QED) is 0.712. The number of aromatic hydroxyl groups is 1. The maximum absolute atomic E-state index is 11.8. The number of rotatable bonds is 2. The van der Waals surface area contributed by atoms with E-state index in [1.807, 2.05) is 0 Å². The van der Waals surface area contributed by atoms with Crippen molar-refractivity contribution in [3.8, 4) is 5.75 Å². The summed E-state index contributed by atoms with van der Waals surface area (Å²) in [6, 6.07) is 13.3. The minimum Gasteiger partial charge on any atom is -0.508 e. The summed E-state index contributed by atoms with van der Waals surface area (Å²) in [6.45, 7) is 0. The van der Waals surface area contributed by atoms with E-state index in [1.165, 1.54) is 12.1 Å². The fourth-order valence-electron chi connectivity index (χ4n) is 1.40. The molecule has 0 unspecified atom stereocenters. The lowest BCUT2D eigenvalue weighted by Gasteiger charge is -2.05. The molecule has 4 heteroatoms. The zero-order valence-corrected chi connectivity index (χ0v) is 9.82. The SMILES string of the molecule is O=C(Nc1ccc(S)cc1)c1cccc(O)c1. The Morgan fingerprint density at radius 1 is 1.12 bits per heavy atom. The van der Waals surface area contributed by atoms with E-state index in [-0.39, 0.29) is 11.7 Å². The Balaban J connectivity index is 2.14. The lowest BCUT2D eigenvalue weighted by molar-refractivity contribution is 0.102.